The number of rotatable bonds is 5. The Morgan fingerprint density at radius 3 is 2.00 bits per heavy atom. The van der Waals surface area contributed by atoms with Crippen LogP contribution in [-0.2, 0) is 14.3 Å². The van der Waals surface area contributed by atoms with Crippen LogP contribution < -0.4 is 0 Å². The Morgan fingerprint density at radius 2 is 1.73 bits per heavy atom. The van der Waals surface area contributed by atoms with Crippen molar-refractivity contribution in [3.05, 3.63) is 0 Å². The molecular formula is C8H16O3. The zero-order valence-electron chi connectivity index (χ0n) is 7.59. The second-order valence-electron chi connectivity index (χ2n) is 2.73. The van der Waals surface area contributed by atoms with Gasteiger partial charge in [-0.25, -0.2) is 0 Å². The van der Waals surface area contributed by atoms with Crippen LogP contribution in [-0.4, -0.2) is 26.3 Å². The van der Waals surface area contributed by atoms with E-state index in [4.69, 9.17) is 9.47 Å². The summed E-state index contributed by atoms with van der Waals surface area (Å²) in [6.45, 7) is 3.73. The van der Waals surface area contributed by atoms with E-state index in [9.17, 15) is 4.79 Å². The summed E-state index contributed by atoms with van der Waals surface area (Å²) in [5.74, 6) is 0.224. The van der Waals surface area contributed by atoms with Gasteiger partial charge in [0.25, 0.3) is 0 Å². The highest BCUT2D eigenvalue weighted by atomic mass is 16.7. The van der Waals surface area contributed by atoms with Crippen LogP contribution in [0.5, 0.6) is 0 Å². The molecule has 0 fully saturated rings. The highest BCUT2D eigenvalue weighted by molar-refractivity contribution is 5.80. The fourth-order valence-corrected chi connectivity index (χ4v) is 0.663. The molecular weight excluding hydrogens is 144 g/mol. The summed E-state index contributed by atoms with van der Waals surface area (Å²) in [7, 11) is 3.06. The van der Waals surface area contributed by atoms with Crippen molar-refractivity contribution in [2.45, 2.75) is 26.6 Å². The van der Waals surface area contributed by atoms with Gasteiger partial charge >= 0.3 is 0 Å². The van der Waals surface area contributed by atoms with Crippen LogP contribution in [0.1, 0.15) is 20.3 Å². The molecule has 0 aliphatic rings. The van der Waals surface area contributed by atoms with Crippen molar-refractivity contribution in [3.63, 3.8) is 0 Å². The molecule has 0 spiro atoms. The maximum Gasteiger partial charge on any atom is 0.163 e. The lowest BCUT2D eigenvalue weighted by atomic mass is 10.1. The Morgan fingerprint density at radius 1 is 1.27 bits per heavy atom. The molecule has 0 N–H and O–H groups in total. The smallest absolute Gasteiger partial charge is 0.163 e. The number of carbonyl (C=O) groups is 1. The van der Waals surface area contributed by atoms with Gasteiger partial charge in [0.2, 0.25) is 0 Å². The van der Waals surface area contributed by atoms with Crippen LogP contribution in [0.25, 0.3) is 0 Å². The first-order chi connectivity index (χ1) is 5.11. The number of hydrogen-bond donors (Lipinski definition) is 0. The van der Waals surface area contributed by atoms with Gasteiger partial charge in [-0.3, -0.25) is 4.79 Å². The van der Waals surface area contributed by atoms with Crippen LogP contribution in [0.2, 0.25) is 0 Å². The second kappa shape index (κ2) is 5.27. The molecule has 0 heterocycles. The summed E-state index contributed by atoms with van der Waals surface area (Å²) in [5, 5.41) is 0. The van der Waals surface area contributed by atoms with Crippen molar-refractivity contribution in [3.8, 4) is 0 Å². The number of Topliss-reactive ketones (excluding diaryl/α,β-unsaturated/α-hetero) is 1. The van der Waals surface area contributed by atoms with E-state index < -0.39 is 0 Å². The SMILES string of the molecule is COC(CC(=O)C(C)C)OC. The van der Waals surface area contributed by atoms with Crippen molar-refractivity contribution < 1.29 is 14.3 Å². The quantitative estimate of drug-likeness (QED) is 0.567. The monoisotopic (exact) mass is 160 g/mol. The number of hydrogen-bond acceptors (Lipinski definition) is 3. The highest BCUT2D eigenvalue weighted by Gasteiger charge is 2.14. The molecule has 0 saturated carbocycles. The molecule has 0 aliphatic heterocycles. The standard InChI is InChI=1S/C8H16O3/c1-6(2)7(9)5-8(10-3)11-4/h6,8H,5H2,1-4H3. The van der Waals surface area contributed by atoms with Gasteiger partial charge in [-0.2, -0.15) is 0 Å². The third-order valence-electron chi connectivity index (χ3n) is 1.54. The average molecular weight is 160 g/mol. The molecule has 0 aromatic carbocycles. The van der Waals surface area contributed by atoms with E-state index >= 15 is 0 Å². The Kier molecular flexibility index (Phi) is 5.07. The maximum atomic E-state index is 11.1. The molecule has 0 saturated heterocycles. The Bertz CT molecular complexity index is 117. The minimum atomic E-state index is -0.384. The molecule has 3 nitrogen and oxygen atoms in total. The predicted octanol–water partition coefficient (Wildman–Crippen LogP) is 1.22. The minimum absolute atomic E-state index is 0.0581. The Balaban J connectivity index is 3.72. The van der Waals surface area contributed by atoms with E-state index in [-0.39, 0.29) is 18.0 Å². The van der Waals surface area contributed by atoms with Crippen molar-refractivity contribution in [1.82, 2.24) is 0 Å². The average Bonchev–Trinajstić information content (AvgIpc) is 1.99. The van der Waals surface area contributed by atoms with Crippen LogP contribution in [0.15, 0.2) is 0 Å². The summed E-state index contributed by atoms with van der Waals surface area (Å²) >= 11 is 0. The van der Waals surface area contributed by atoms with Crippen LogP contribution in [0, 0.1) is 5.92 Å². The molecule has 0 atom stereocenters. The molecule has 0 radical (unpaired) electrons. The highest BCUT2D eigenvalue weighted by Crippen LogP contribution is 2.04. The number of ether oxygens (including phenoxy) is 2. The van der Waals surface area contributed by atoms with Gasteiger partial charge < -0.3 is 9.47 Å². The summed E-state index contributed by atoms with van der Waals surface area (Å²) in [5.41, 5.74) is 0. The molecule has 3 heteroatoms. The van der Waals surface area contributed by atoms with Gasteiger partial charge in [0.1, 0.15) is 5.78 Å². The van der Waals surface area contributed by atoms with E-state index in [1.165, 1.54) is 14.2 Å². The Hall–Kier alpha value is -0.410. The lowest BCUT2D eigenvalue weighted by Crippen LogP contribution is -2.20. The molecule has 0 aliphatic carbocycles. The van der Waals surface area contributed by atoms with Crippen LogP contribution >= 0.6 is 0 Å². The fourth-order valence-electron chi connectivity index (χ4n) is 0.663. The topological polar surface area (TPSA) is 35.5 Å². The maximum absolute atomic E-state index is 11.1. The van der Waals surface area contributed by atoms with Gasteiger partial charge in [-0.1, -0.05) is 13.8 Å². The van der Waals surface area contributed by atoms with Crippen LogP contribution in [0.4, 0.5) is 0 Å². The molecule has 0 aromatic rings. The van der Waals surface area contributed by atoms with Gasteiger partial charge in [0.15, 0.2) is 6.29 Å². The normalized spacial score (nSPS) is 11.1. The Labute approximate surface area is 67.7 Å². The van der Waals surface area contributed by atoms with Crippen molar-refractivity contribution >= 4 is 5.78 Å². The first-order valence-corrected chi connectivity index (χ1v) is 3.70. The zero-order valence-corrected chi connectivity index (χ0v) is 7.59. The number of carbonyl (C=O) groups excluding carboxylic acids is 1. The molecule has 0 rings (SSSR count). The first-order valence-electron chi connectivity index (χ1n) is 3.70. The van der Waals surface area contributed by atoms with E-state index in [0.29, 0.717) is 6.42 Å². The number of ketones is 1. The van der Waals surface area contributed by atoms with Crippen molar-refractivity contribution in [1.29, 1.82) is 0 Å². The lowest BCUT2D eigenvalue weighted by molar-refractivity contribution is -0.139. The summed E-state index contributed by atoms with van der Waals surface area (Å²) in [4.78, 5) is 11.1. The molecule has 0 bridgehead atoms. The summed E-state index contributed by atoms with van der Waals surface area (Å²) in [6, 6.07) is 0. The molecule has 0 amide bonds. The van der Waals surface area contributed by atoms with E-state index in [1.807, 2.05) is 13.8 Å². The molecule has 0 unspecified atom stereocenters. The largest absolute Gasteiger partial charge is 0.355 e. The fraction of sp³-hybridized carbons (Fsp3) is 0.875. The van der Waals surface area contributed by atoms with Gasteiger partial charge in [0.05, 0.1) is 6.42 Å². The predicted molar refractivity (Wildman–Crippen MR) is 42.3 cm³/mol. The third kappa shape index (κ3) is 4.11. The van der Waals surface area contributed by atoms with Crippen molar-refractivity contribution in [2.24, 2.45) is 5.92 Å². The number of methoxy groups -OCH3 is 2. The van der Waals surface area contributed by atoms with E-state index in [2.05, 4.69) is 0 Å². The summed E-state index contributed by atoms with van der Waals surface area (Å²) < 4.78 is 9.75. The first kappa shape index (κ1) is 10.6. The lowest BCUT2D eigenvalue weighted by Gasteiger charge is -2.13. The van der Waals surface area contributed by atoms with E-state index in [0.717, 1.165) is 0 Å². The molecule has 11 heavy (non-hydrogen) atoms. The minimum Gasteiger partial charge on any atom is -0.355 e. The van der Waals surface area contributed by atoms with Gasteiger partial charge in [-0.15, -0.1) is 0 Å². The molecule has 0 aromatic heterocycles. The van der Waals surface area contributed by atoms with Gasteiger partial charge in [0, 0.05) is 20.1 Å². The zero-order chi connectivity index (χ0) is 8.85. The second-order valence-corrected chi connectivity index (χ2v) is 2.73. The van der Waals surface area contributed by atoms with Crippen LogP contribution in [0.3, 0.4) is 0 Å². The van der Waals surface area contributed by atoms with E-state index in [1.54, 1.807) is 0 Å². The molecule has 66 valence electrons. The van der Waals surface area contributed by atoms with Gasteiger partial charge in [-0.05, 0) is 0 Å². The van der Waals surface area contributed by atoms with Crippen molar-refractivity contribution in [2.75, 3.05) is 14.2 Å². The summed E-state index contributed by atoms with van der Waals surface area (Å²) in [6.07, 6.45) is -0.0464. The third-order valence-corrected chi connectivity index (χ3v) is 1.54.